The Kier molecular flexibility index (Phi) is 4.95. The van der Waals surface area contributed by atoms with Crippen LogP contribution in [0.25, 0.3) is 6.08 Å². The molecule has 0 saturated carbocycles. The Balaban J connectivity index is 1.70. The van der Waals surface area contributed by atoms with E-state index in [0.29, 0.717) is 10.6 Å². The summed E-state index contributed by atoms with van der Waals surface area (Å²) < 4.78 is 0. The van der Waals surface area contributed by atoms with Gasteiger partial charge in [-0.15, -0.1) is 0 Å². The normalized spacial score (nSPS) is 15.7. The molecule has 0 aliphatic carbocycles. The van der Waals surface area contributed by atoms with Gasteiger partial charge in [-0.3, -0.25) is 24.3 Å². The molecule has 7 heteroatoms. The maximum absolute atomic E-state index is 12.4. The summed E-state index contributed by atoms with van der Waals surface area (Å²) in [5, 5.41) is 2.27. The molecule has 0 bridgehead atoms. The van der Waals surface area contributed by atoms with E-state index in [1.807, 2.05) is 19.1 Å². The van der Waals surface area contributed by atoms with Gasteiger partial charge in [-0.1, -0.05) is 18.2 Å². The van der Waals surface area contributed by atoms with E-state index in [0.717, 1.165) is 27.8 Å². The molecule has 3 amide bonds. The number of carbonyl (C=O) groups is 3. The van der Waals surface area contributed by atoms with Crippen molar-refractivity contribution in [2.24, 2.45) is 0 Å². The molecule has 1 fully saturated rings. The number of nitrogens with zero attached hydrogens (tertiary/aromatic N) is 2. The van der Waals surface area contributed by atoms with Crippen LogP contribution >= 0.6 is 11.8 Å². The van der Waals surface area contributed by atoms with Gasteiger partial charge in [0, 0.05) is 18.1 Å². The number of carbonyl (C=O) groups excluding carboxylic acids is 3. The second kappa shape index (κ2) is 7.31. The molecule has 1 aromatic heterocycles. The van der Waals surface area contributed by atoms with Crippen LogP contribution in [0.1, 0.15) is 11.1 Å². The molecule has 0 unspecified atom stereocenters. The van der Waals surface area contributed by atoms with E-state index >= 15 is 0 Å². The highest BCUT2D eigenvalue weighted by atomic mass is 32.2. The molecule has 2 aromatic rings. The van der Waals surface area contributed by atoms with E-state index < -0.39 is 17.1 Å². The first kappa shape index (κ1) is 16.9. The average molecular weight is 353 g/mol. The van der Waals surface area contributed by atoms with Crippen LogP contribution in [0.3, 0.4) is 0 Å². The van der Waals surface area contributed by atoms with Crippen LogP contribution in [0.2, 0.25) is 0 Å². The number of pyridine rings is 1. The molecule has 1 aliphatic rings. The van der Waals surface area contributed by atoms with Gasteiger partial charge in [0.2, 0.25) is 5.91 Å². The predicted molar refractivity (Wildman–Crippen MR) is 96.7 cm³/mol. The monoisotopic (exact) mass is 353 g/mol. The number of para-hydroxylation sites is 1. The van der Waals surface area contributed by atoms with E-state index in [2.05, 4.69) is 10.3 Å². The largest absolute Gasteiger partial charge is 0.324 e. The van der Waals surface area contributed by atoms with Crippen LogP contribution in [-0.2, 0) is 9.59 Å². The average Bonchev–Trinajstić information content (AvgIpc) is 2.85. The second-order valence-electron chi connectivity index (χ2n) is 5.41. The Morgan fingerprint density at radius 3 is 2.64 bits per heavy atom. The molecular weight excluding hydrogens is 338 g/mol. The Morgan fingerprint density at radius 2 is 1.92 bits per heavy atom. The third kappa shape index (κ3) is 3.95. The predicted octanol–water partition coefficient (Wildman–Crippen LogP) is 3.07. The van der Waals surface area contributed by atoms with E-state index in [1.165, 1.54) is 0 Å². The number of thioether (sulfide) groups is 1. The number of hydrogen-bond donors (Lipinski definition) is 1. The fourth-order valence-electron chi connectivity index (χ4n) is 2.29. The van der Waals surface area contributed by atoms with E-state index in [9.17, 15) is 14.4 Å². The number of benzene rings is 1. The minimum atomic E-state index is -0.466. The van der Waals surface area contributed by atoms with Crippen molar-refractivity contribution in [3.05, 3.63) is 64.8 Å². The van der Waals surface area contributed by atoms with Crippen molar-refractivity contribution >= 4 is 40.6 Å². The molecular formula is C18H15N3O3S. The number of aromatic nitrogens is 1. The fourth-order valence-corrected chi connectivity index (χ4v) is 3.13. The van der Waals surface area contributed by atoms with Crippen LogP contribution in [-0.4, -0.2) is 33.5 Å². The van der Waals surface area contributed by atoms with Crippen molar-refractivity contribution in [3.63, 3.8) is 0 Å². The zero-order chi connectivity index (χ0) is 17.8. The third-order valence-corrected chi connectivity index (χ3v) is 4.51. The molecule has 0 atom stereocenters. The number of nitrogens with one attached hydrogen (secondary N) is 1. The molecule has 0 spiro atoms. The zero-order valence-corrected chi connectivity index (χ0v) is 14.2. The number of anilines is 1. The van der Waals surface area contributed by atoms with Gasteiger partial charge in [0.1, 0.15) is 6.54 Å². The highest BCUT2D eigenvalue weighted by Crippen LogP contribution is 2.32. The quantitative estimate of drug-likeness (QED) is 0.855. The topological polar surface area (TPSA) is 79.4 Å². The minimum Gasteiger partial charge on any atom is -0.324 e. The lowest BCUT2D eigenvalue weighted by Gasteiger charge is -2.13. The summed E-state index contributed by atoms with van der Waals surface area (Å²) in [4.78, 5) is 41.8. The van der Waals surface area contributed by atoms with Gasteiger partial charge in [-0.05, 0) is 54.1 Å². The first-order chi connectivity index (χ1) is 12.0. The van der Waals surface area contributed by atoms with Crippen LogP contribution in [0.15, 0.2) is 53.7 Å². The summed E-state index contributed by atoms with van der Waals surface area (Å²) >= 11 is 0.826. The zero-order valence-electron chi connectivity index (χ0n) is 13.4. The maximum atomic E-state index is 12.4. The lowest BCUT2D eigenvalue weighted by atomic mass is 10.2. The van der Waals surface area contributed by atoms with Crippen LogP contribution in [0.5, 0.6) is 0 Å². The van der Waals surface area contributed by atoms with Gasteiger partial charge in [0.25, 0.3) is 11.1 Å². The number of rotatable bonds is 4. The smallest absolute Gasteiger partial charge is 0.294 e. The van der Waals surface area contributed by atoms with Crippen LogP contribution in [0, 0.1) is 6.92 Å². The lowest BCUT2D eigenvalue weighted by molar-refractivity contribution is -0.127. The van der Waals surface area contributed by atoms with Gasteiger partial charge in [-0.25, -0.2) is 0 Å². The van der Waals surface area contributed by atoms with Crippen LogP contribution < -0.4 is 5.32 Å². The summed E-state index contributed by atoms with van der Waals surface area (Å²) in [5.74, 6) is -0.881. The van der Waals surface area contributed by atoms with Crippen molar-refractivity contribution in [2.45, 2.75) is 6.92 Å². The van der Waals surface area contributed by atoms with Gasteiger partial charge in [-0.2, -0.15) is 0 Å². The van der Waals surface area contributed by atoms with Gasteiger partial charge >= 0.3 is 0 Å². The van der Waals surface area contributed by atoms with Crippen molar-refractivity contribution in [1.29, 1.82) is 0 Å². The van der Waals surface area contributed by atoms with E-state index in [-0.39, 0.29) is 6.54 Å². The first-order valence-electron chi connectivity index (χ1n) is 7.55. The molecule has 1 N–H and O–H groups in total. The Labute approximate surface area is 148 Å². The van der Waals surface area contributed by atoms with Crippen molar-refractivity contribution in [3.8, 4) is 0 Å². The standard InChI is InChI=1S/C18H15N3O3S/c1-12-4-2-3-5-14(12)20-16(22)11-21-17(23)15(25-18(21)24)10-13-6-8-19-9-7-13/h2-10H,11H2,1H3,(H,20,22)/b15-10+. The highest BCUT2D eigenvalue weighted by molar-refractivity contribution is 8.18. The van der Waals surface area contributed by atoms with Gasteiger partial charge < -0.3 is 5.32 Å². The molecule has 1 saturated heterocycles. The molecule has 0 radical (unpaired) electrons. The van der Waals surface area contributed by atoms with E-state index in [1.54, 1.807) is 42.7 Å². The number of hydrogen-bond acceptors (Lipinski definition) is 5. The summed E-state index contributed by atoms with van der Waals surface area (Å²) in [6, 6.07) is 10.8. The maximum Gasteiger partial charge on any atom is 0.294 e. The van der Waals surface area contributed by atoms with Gasteiger partial charge in [0.05, 0.1) is 4.91 Å². The Bertz CT molecular complexity index is 865. The number of amides is 3. The lowest BCUT2D eigenvalue weighted by Crippen LogP contribution is -2.36. The van der Waals surface area contributed by atoms with Crippen molar-refractivity contribution in [1.82, 2.24) is 9.88 Å². The summed E-state index contributed by atoms with van der Waals surface area (Å²) in [6.07, 6.45) is 4.82. The summed E-state index contributed by atoms with van der Waals surface area (Å²) in [6.45, 7) is 1.56. The van der Waals surface area contributed by atoms with E-state index in [4.69, 9.17) is 0 Å². The molecule has 1 aliphatic heterocycles. The number of imide groups is 1. The SMILES string of the molecule is Cc1ccccc1NC(=O)CN1C(=O)S/C(=C/c2ccncc2)C1=O. The fraction of sp³-hybridized carbons (Fsp3) is 0.111. The van der Waals surface area contributed by atoms with Crippen LogP contribution in [0.4, 0.5) is 10.5 Å². The molecule has 3 rings (SSSR count). The molecule has 2 heterocycles. The third-order valence-electron chi connectivity index (χ3n) is 3.60. The summed E-state index contributed by atoms with van der Waals surface area (Å²) in [5.41, 5.74) is 2.33. The van der Waals surface area contributed by atoms with Gasteiger partial charge in [0.15, 0.2) is 0 Å². The molecule has 6 nitrogen and oxygen atoms in total. The molecule has 1 aromatic carbocycles. The molecule has 25 heavy (non-hydrogen) atoms. The highest BCUT2D eigenvalue weighted by Gasteiger charge is 2.36. The Hall–Kier alpha value is -2.93. The summed E-state index contributed by atoms with van der Waals surface area (Å²) in [7, 11) is 0. The van der Waals surface area contributed by atoms with Crippen molar-refractivity contribution < 1.29 is 14.4 Å². The minimum absolute atomic E-state index is 0.292. The second-order valence-corrected chi connectivity index (χ2v) is 6.40. The number of aryl methyl sites for hydroxylation is 1. The first-order valence-corrected chi connectivity index (χ1v) is 8.37. The van der Waals surface area contributed by atoms with Crippen molar-refractivity contribution in [2.75, 3.05) is 11.9 Å². The Morgan fingerprint density at radius 1 is 1.20 bits per heavy atom. The molecule has 126 valence electrons.